The predicted molar refractivity (Wildman–Crippen MR) is 59.5 cm³/mol. The molecule has 2 aromatic heterocycles. The van der Waals surface area contributed by atoms with Crippen LogP contribution in [0.5, 0.6) is 0 Å². The first-order valence-corrected chi connectivity index (χ1v) is 5.39. The van der Waals surface area contributed by atoms with Gasteiger partial charge >= 0.3 is 0 Å². The standard InChI is InChI=1S/C10H12BrN3/c1-6(2)9-10-7(3)4-8(11)14(10)13-5-12-9/h4-6H,1-3H3. The van der Waals surface area contributed by atoms with E-state index in [0.29, 0.717) is 5.92 Å². The summed E-state index contributed by atoms with van der Waals surface area (Å²) < 4.78 is 2.87. The van der Waals surface area contributed by atoms with Crippen LogP contribution in [-0.4, -0.2) is 14.6 Å². The van der Waals surface area contributed by atoms with E-state index in [2.05, 4.69) is 52.9 Å². The molecule has 0 saturated carbocycles. The summed E-state index contributed by atoms with van der Waals surface area (Å²) in [5.41, 5.74) is 3.43. The third-order valence-electron chi connectivity index (χ3n) is 2.28. The Morgan fingerprint density at radius 2 is 2.14 bits per heavy atom. The van der Waals surface area contributed by atoms with Crippen LogP contribution in [0.1, 0.15) is 31.0 Å². The molecule has 74 valence electrons. The van der Waals surface area contributed by atoms with Gasteiger partial charge in [-0.05, 0) is 40.4 Å². The van der Waals surface area contributed by atoms with Crippen LogP contribution in [-0.2, 0) is 0 Å². The van der Waals surface area contributed by atoms with Crippen LogP contribution in [0, 0.1) is 6.92 Å². The minimum atomic E-state index is 0.418. The van der Waals surface area contributed by atoms with E-state index in [4.69, 9.17) is 0 Å². The van der Waals surface area contributed by atoms with E-state index in [-0.39, 0.29) is 0 Å². The predicted octanol–water partition coefficient (Wildman–Crippen LogP) is 2.92. The Balaban J connectivity index is 2.85. The highest BCUT2D eigenvalue weighted by Gasteiger charge is 2.12. The fourth-order valence-corrected chi connectivity index (χ4v) is 2.24. The van der Waals surface area contributed by atoms with Crippen molar-refractivity contribution in [1.29, 1.82) is 0 Å². The lowest BCUT2D eigenvalue weighted by Crippen LogP contribution is -2.01. The topological polar surface area (TPSA) is 30.2 Å². The highest BCUT2D eigenvalue weighted by molar-refractivity contribution is 9.10. The Bertz CT molecular complexity index is 473. The summed E-state index contributed by atoms with van der Waals surface area (Å²) in [6, 6.07) is 2.07. The summed E-state index contributed by atoms with van der Waals surface area (Å²) >= 11 is 3.47. The van der Waals surface area contributed by atoms with E-state index in [9.17, 15) is 0 Å². The molecule has 0 aliphatic heterocycles. The van der Waals surface area contributed by atoms with Gasteiger partial charge in [0.05, 0.1) is 11.2 Å². The summed E-state index contributed by atoms with van der Waals surface area (Å²) in [6.07, 6.45) is 1.60. The second-order valence-corrected chi connectivity index (χ2v) is 4.52. The zero-order valence-corrected chi connectivity index (χ0v) is 10.0. The molecule has 0 spiro atoms. The van der Waals surface area contributed by atoms with Gasteiger partial charge in [-0.3, -0.25) is 0 Å². The molecule has 0 fully saturated rings. The molecule has 14 heavy (non-hydrogen) atoms. The van der Waals surface area contributed by atoms with E-state index in [0.717, 1.165) is 15.8 Å². The van der Waals surface area contributed by atoms with Crippen LogP contribution in [0.4, 0.5) is 0 Å². The molecule has 0 amide bonds. The van der Waals surface area contributed by atoms with E-state index in [1.165, 1.54) is 5.56 Å². The summed E-state index contributed by atoms with van der Waals surface area (Å²) in [4.78, 5) is 4.33. The van der Waals surface area contributed by atoms with Crippen molar-refractivity contribution < 1.29 is 0 Å². The summed E-state index contributed by atoms with van der Waals surface area (Å²) in [5.74, 6) is 0.418. The fourth-order valence-electron chi connectivity index (χ4n) is 1.63. The van der Waals surface area contributed by atoms with Gasteiger partial charge in [-0.25, -0.2) is 9.50 Å². The molecular formula is C10H12BrN3. The quantitative estimate of drug-likeness (QED) is 0.783. The summed E-state index contributed by atoms with van der Waals surface area (Å²) in [6.45, 7) is 6.36. The molecule has 2 aromatic rings. The molecule has 0 bridgehead atoms. The summed E-state index contributed by atoms with van der Waals surface area (Å²) in [7, 11) is 0. The Hall–Kier alpha value is -0.900. The minimum absolute atomic E-state index is 0.418. The molecule has 0 saturated heterocycles. The molecule has 0 aromatic carbocycles. The van der Waals surface area contributed by atoms with Gasteiger partial charge in [0.15, 0.2) is 0 Å². The van der Waals surface area contributed by atoms with Crippen LogP contribution in [0.2, 0.25) is 0 Å². The Morgan fingerprint density at radius 1 is 1.43 bits per heavy atom. The maximum atomic E-state index is 4.33. The first kappa shape index (κ1) is 9.65. The monoisotopic (exact) mass is 253 g/mol. The van der Waals surface area contributed by atoms with Gasteiger partial charge in [0.1, 0.15) is 10.9 Å². The molecular weight excluding hydrogens is 242 g/mol. The van der Waals surface area contributed by atoms with Gasteiger partial charge in [0.25, 0.3) is 0 Å². The molecule has 2 heterocycles. The number of hydrogen-bond donors (Lipinski definition) is 0. The summed E-state index contributed by atoms with van der Waals surface area (Å²) in [5, 5.41) is 4.20. The molecule has 3 nitrogen and oxygen atoms in total. The van der Waals surface area contributed by atoms with E-state index < -0.39 is 0 Å². The van der Waals surface area contributed by atoms with E-state index in [1.807, 2.05) is 4.52 Å². The first-order chi connectivity index (χ1) is 6.61. The molecule has 0 aliphatic rings. The van der Waals surface area contributed by atoms with Gasteiger partial charge in [0.2, 0.25) is 0 Å². The van der Waals surface area contributed by atoms with Crippen molar-refractivity contribution in [3.63, 3.8) is 0 Å². The van der Waals surface area contributed by atoms with Crippen molar-refractivity contribution in [2.45, 2.75) is 26.7 Å². The number of aromatic nitrogens is 3. The normalized spacial score (nSPS) is 11.5. The lowest BCUT2D eigenvalue weighted by atomic mass is 10.1. The number of hydrogen-bond acceptors (Lipinski definition) is 2. The van der Waals surface area contributed by atoms with Crippen LogP contribution < -0.4 is 0 Å². The van der Waals surface area contributed by atoms with Gasteiger partial charge in [-0.1, -0.05) is 13.8 Å². The first-order valence-electron chi connectivity index (χ1n) is 4.60. The van der Waals surface area contributed by atoms with E-state index in [1.54, 1.807) is 6.33 Å². The zero-order chi connectivity index (χ0) is 10.3. The molecule has 2 rings (SSSR count). The molecule has 0 unspecified atom stereocenters. The lowest BCUT2D eigenvalue weighted by molar-refractivity contribution is 0.780. The number of rotatable bonds is 1. The van der Waals surface area contributed by atoms with Crippen molar-refractivity contribution >= 4 is 21.4 Å². The van der Waals surface area contributed by atoms with Crippen molar-refractivity contribution in [3.05, 3.63) is 28.3 Å². The largest absolute Gasteiger partial charge is 0.237 e. The number of aryl methyl sites for hydroxylation is 1. The maximum absolute atomic E-state index is 4.33. The van der Waals surface area contributed by atoms with Crippen LogP contribution >= 0.6 is 15.9 Å². The van der Waals surface area contributed by atoms with Gasteiger partial charge < -0.3 is 0 Å². The third-order valence-corrected chi connectivity index (χ3v) is 2.84. The highest BCUT2D eigenvalue weighted by Crippen LogP contribution is 2.25. The Labute approximate surface area is 91.3 Å². The molecule has 0 aliphatic carbocycles. The lowest BCUT2D eigenvalue weighted by Gasteiger charge is -2.06. The Morgan fingerprint density at radius 3 is 2.79 bits per heavy atom. The van der Waals surface area contributed by atoms with Gasteiger partial charge in [-0.2, -0.15) is 5.10 Å². The van der Waals surface area contributed by atoms with Crippen molar-refractivity contribution in [2.24, 2.45) is 0 Å². The second-order valence-electron chi connectivity index (χ2n) is 3.71. The average Bonchev–Trinajstić information content (AvgIpc) is 2.43. The highest BCUT2D eigenvalue weighted by atomic mass is 79.9. The maximum Gasteiger partial charge on any atom is 0.136 e. The third kappa shape index (κ3) is 1.34. The van der Waals surface area contributed by atoms with Crippen LogP contribution in [0.15, 0.2) is 17.0 Å². The number of fused-ring (bicyclic) bond motifs is 1. The second kappa shape index (κ2) is 3.35. The fraction of sp³-hybridized carbons (Fsp3) is 0.400. The van der Waals surface area contributed by atoms with Crippen molar-refractivity contribution in [1.82, 2.24) is 14.6 Å². The molecule has 0 radical (unpaired) electrons. The van der Waals surface area contributed by atoms with Crippen molar-refractivity contribution in [2.75, 3.05) is 0 Å². The van der Waals surface area contributed by atoms with Crippen LogP contribution in [0.3, 0.4) is 0 Å². The Kier molecular flexibility index (Phi) is 2.31. The number of nitrogens with zero attached hydrogens (tertiary/aromatic N) is 3. The van der Waals surface area contributed by atoms with Gasteiger partial charge in [0, 0.05) is 0 Å². The molecule has 0 N–H and O–H groups in total. The molecule has 0 atom stereocenters. The van der Waals surface area contributed by atoms with Crippen LogP contribution in [0.25, 0.3) is 5.52 Å². The zero-order valence-electron chi connectivity index (χ0n) is 8.45. The smallest absolute Gasteiger partial charge is 0.136 e. The number of halogens is 1. The molecule has 4 heteroatoms. The average molecular weight is 254 g/mol. The van der Waals surface area contributed by atoms with E-state index >= 15 is 0 Å². The SMILES string of the molecule is Cc1cc(Br)n2ncnc(C(C)C)c12. The van der Waals surface area contributed by atoms with Gasteiger partial charge in [-0.15, -0.1) is 0 Å². The van der Waals surface area contributed by atoms with Crippen molar-refractivity contribution in [3.8, 4) is 0 Å². The minimum Gasteiger partial charge on any atom is -0.237 e.